The zero-order chi connectivity index (χ0) is 41.7. The van der Waals surface area contributed by atoms with Gasteiger partial charge in [-0.15, -0.1) is 0 Å². The molecule has 0 atom stereocenters. The fourth-order valence-corrected chi connectivity index (χ4v) is 10.7. The van der Waals surface area contributed by atoms with E-state index in [1.165, 1.54) is 82.9 Å². The molecule has 0 saturated carbocycles. The quantitative estimate of drug-likeness (QED) is 0.173. The van der Waals surface area contributed by atoms with Gasteiger partial charge in [0.15, 0.2) is 5.82 Å². The van der Waals surface area contributed by atoms with Crippen molar-refractivity contribution in [3.8, 4) is 78.4 Å². The lowest BCUT2D eigenvalue weighted by Crippen LogP contribution is -2.14. The SMILES string of the molecule is CC1(C)c2ccccc2-c2c(-c3cc(-c4ccc(-c5ccc(-c6ccc7c(c6)-c6c(ccc8ccccc68)C7(C)C)cc5)c5ccccc45)nc(-c4ccccc4)n3)cccc21. The summed E-state index contributed by atoms with van der Waals surface area (Å²) in [5, 5.41) is 4.97. The minimum atomic E-state index is -0.107. The molecule has 12 rings (SSSR count). The Balaban J connectivity index is 0.959. The van der Waals surface area contributed by atoms with Crippen molar-refractivity contribution >= 4 is 21.5 Å². The Morgan fingerprint density at radius 3 is 1.65 bits per heavy atom. The molecule has 9 aromatic carbocycles. The fourth-order valence-electron chi connectivity index (χ4n) is 10.7. The van der Waals surface area contributed by atoms with Crippen LogP contribution in [0.5, 0.6) is 0 Å². The van der Waals surface area contributed by atoms with Crippen LogP contribution in [-0.4, -0.2) is 9.97 Å². The Hall–Kier alpha value is -7.42. The van der Waals surface area contributed by atoms with Crippen LogP contribution in [0.25, 0.3) is 100.0 Å². The molecule has 0 amide bonds. The summed E-state index contributed by atoms with van der Waals surface area (Å²) in [4.78, 5) is 10.6. The second kappa shape index (κ2) is 13.5. The lowest BCUT2D eigenvalue weighted by Gasteiger charge is -2.21. The molecule has 0 saturated heterocycles. The topological polar surface area (TPSA) is 25.8 Å². The van der Waals surface area contributed by atoms with Crippen LogP contribution in [0.2, 0.25) is 0 Å². The molecule has 1 aromatic heterocycles. The maximum absolute atomic E-state index is 5.32. The molecule has 0 fully saturated rings. The lowest BCUT2D eigenvalue weighted by molar-refractivity contribution is 0.660. The van der Waals surface area contributed by atoms with E-state index >= 15 is 0 Å². The van der Waals surface area contributed by atoms with Gasteiger partial charge in [0.2, 0.25) is 0 Å². The summed E-state index contributed by atoms with van der Waals surface area (Å²) in [6.07, 6.45) is 0. The van der Waals surface area contributed by atoms with Gasteiger partial charge in [-0.25, -0.2) is 9.97 Å². The molecule has 10 aromatic rings. The first-order chi connectivity index (χ1) is 30.3. The van der Waals surface area contributed by atoms with Gasteiger partial charge in [0.1, 0.15) is 0 Å². The monoisotopic (exact) mass is 792 g/mol. The van der Waals surface area contributed by atoms with Crippen LogP contribution in [0.3, 0.4) is 0 Å². The van der Waals surface area contributed by atoms with Crippen LogP contribution in [0, 0.1) is 0 Å². The van der Waals surface area contributed by atoms with E-state index in [-0.39, 0.29) is 10.8 Å². The normalized spacial score (nSPS) is 14.1. The summed E-state index contributed by atoms with van der Waals surface area (Å²) < 4.78 is 0. The summed E-state index contributed by atoms with van der Waals surface area (Å²) >= 11 is 0. The van der Waals surface area contributed by atoms with Gasteiger partial charge in [-0.1, -0.05) is 210 Å². The molecular weight excluding hydrogens is 749 g/mol. The van der Waals surface area contributed by atoms with E-state index in [0.29, 0.717) is 0 Å². The number of nitrogens with zero attached hydrogens (tertiary/aromatic N) is 2. The second-order valence-electron chi connectivity index (χ2n) is 18.1. The maximum atomic E-state index is 5.32. The lowest BCUT2D eigenvalue weighted by atomic mass is 9.82. The van der Waals surface area contributed by atoms with Crippen molar-refractivity contribution in [2.24, 2.45) is 0 Å². The van der Waals surface area contributed by atoms with E-state index in [4.69, 9.17) is 9.97 Å². The number of aromatic nitrogens is 2. The van der Waals surface area contributed by atoms with Crippen molar-refractivity contribution in [3.05, 3.63) is 216 Å². The molecule has 1 heterocycles. The van der Waals surface area contributed by atoms with Gasteiger partial charge in [0, 0.05) is 27.5 Å². The molecule has 0 unspecified atom stereocenters. The molecule has 2 heteroatoms. The Bertz CT molecular complexity index is 3450. The Labute approximate surface area is 363 Å². The van der Waals surface area contributed by atoms with Crippen molar-refractivity contribution in [1.82, 2.24) is 9.97 Å². The molecule has 0 bridgehead atoms. The van der Waals surface area contributed by atoms with Gasteiger partial charge in [-0.05, 0) is 100 Å². The summed E-state index contributed by atoms with van der Waals surface area (Å²) in [6, 6.07) is 71.0. The minimum Gasteiger partial charge on any atom is -0.228 e. The van der Waals surface area contributed by atoms with Crippen LogP contribution in [0.1, 0.15) is 49.9 Å². The molecule has 0 N–H and O–H groups in total. The molecule has 294 valence electrons. The van der Waals surface area contributed by atoms with Gasteiger partial charge in [-0.2, -0.15) is 0 Å². The third-order valence-electron chi connectivity index (χ3n) is 13.9. The fraction of sp³-hybridized carbons (Fsp3) is 0.100. The standard InChI is InChI=1S/C60H44N2/c1-59(2)50-23-13-12-21-47(50)57-48(22-14-24-52(57)59)55-36-54(61-58(62-55)40-16-6-5-7-17-40)46-32-31-42(44-19-10-11-20-45(44)46)39-27-25-37(26-28-39)41-30-33-51-49(35-41)56-43-18-9-8-15-38(43)29-34-53(56)60(51,3)4/h5-36H,1-4H3. The molecule has 0 spiro atoms. The summed E-state index contributed by atoms with van der Waals surface area (Å²) in [7, 11) is 0. The van der Waals surface area contributed by atoms with E-state index in [1.54, 1.807) is 0 Å². The second-order valence-corrected chi connectivity index (χ2v) is 18.1. The number of benzene rings is 9. The van der Waals surface area contributed by atoms with Gasteiger partial charge >= 0.3 is 0 Å². The molecule has 2 aliphatic carbocycles. The highest BCUT2D eigenvalue weighted by Gasteiger charge is 2.38. The van der Waals surface area contributed by atoms with Crippen molar-refractivity contribution in [2.75, 3.05) is 0 Å². The number of hydrogen-bond acceptors (Lipinski definition) is 2. The Kier molecular flexibility index (Phi) is 7.96. The number of hydrogen-bond donors (Lipinski definition) is 0. The van der Waals surface area contributed by atoms with Gasteiger partial charge < -0.3 is 0 Å². The smallest absolute Gasteiger partial charge is 0.160 e. The first-order valence-corrected chi connectivity index (χ1v) is 21.7. The Morgan fingerprint density at radius 1 is 0.306 bits per heavy atom. The molecule has 0 radical (unpaired) electrons. The van der Waals surface area contributed by atoms with E-state index in [1.807, 2.05) is 6.07 Å². The van der Waals surface area contributed by atoms with Crippen LogP contribution >= 0.6 is 0 Å². The summed E-state index contributed by atoms with van der Waals surface area (Å²) in [5.74, 6) is 0.719. The predicted octanol–water partition coefficient (Wildman–Crippen LogP) is 15.7. The molecule has 0 aliphatic heterocycles. The van der Waals surface area contributed by atoms with Crippen LogP contribution in [0.4, 0.5) is 0 Å². The van der Waals surface area contributed by atoms with E-state index in [9.17, 15) is 0 Å². The zero-order valence-electron chi connectivity index (χ0n) is 35.4. The summed E-state index contributed by atoms with van der Waals surface area (Å²) in [5.41, 5.74) is 20.5. The average Bonchev–Trinajstić information content (AvgIpc) is 3.70. The highest BCUT2D eigenvalue weighted by atomic mass is 14.9. The maximum Gasteiger partial charge on any atom is 0.160 e. The van der Waals surface area contributed by atoms with Crippen LogP contribution < -0.4 is 0 Å². The van der Waals surface area contributed by atoms with E-state index in [0.717, 1.165) is 39.3 Å². The first kappa shape index (κ1) is 36.4. The predicted molar refractivity (Wildman–Crippen MR) is 259 cm³/mol. The molecule has 2 nitrogen and oxygen atoms in total. The highest BCUT2D eigenvalue weighted by molar-refractivity contribution is 6.06. The third-order valence-corrected chi connectivity index (χ3v) is 13.9. The summed E-state index contributed by atoms with van der Waals surface area (Å²) in [6.45, 7) is 9.38. The molecule has 2 aliphatic rings. The number of rotatable bonds is 5. The highest BCUT2D eigenvalue weighted by Crippen LogP contribution is 2.54. The van der Waals surface area contributed by atoms with E-state index < -0.39 is 0 Å². The third kappa shape index (κ3) is 5.43. The number of fused-ring (bicyclic) bond motifs is 9. The molecular formula is C60H44N2. The van der Waals surface area contributed by atoms with E-state index in [2.05, 4.69) is 216 Å². The largest absolute Gasteiger partial charge is 0.228 e. The van der Waals surface area contributed by atoms with Crippen molar-refractivity contribution in [2.45, 2.75) is 38.5 Å². The van der Waals surface area contributed by atoms with Crippen LogP contribution in [0.15, 0.2) is 194 Å². The molecule has 62 heavy (non-hydrogen) atoms. The van der Waals surface area contributed by atoms with Crippen molar-refractivity contribution in [1.29, 1.82) is 0 Å². The van der Waals surface area contributed by atoms with Crippen molar-refractivity contribution in [3.63, 3.8) is 0 Å². The van der Waals surface area contributed by atoms with Crippen LogP contribution in [-0.2, 0) is 10.8 Å². The Morgan fingerprint density at radius 2 is 0.855 bits per heavy atom. The van der Waals surface area contributed by atoms with Crippen molar-refractivity contribution < 1.29 is 0 Å². The minimum absolute atomic E-state index is 0.0498. The van der Waals surface area contributed by atoms with Gasteiger partial charge in [0.25, 0.3) is 0 Å². The average molecular weight is 793 g/mol. The van der Waals surface area contributed by atoms with Gasteiger partial charge in [-0.3, -0.25) is 0 Å². The first-order valence-electron chi connectivity index (χ1n) is 21.7. The van der Waals surface area contributed by atoms with Gasteiger partial charge in [0.05, 0.1) is 11.4 Å². The zero-order valence-corrected chi connectivity index (χ0v) is 35.4.